The van der Waals surface area contributed by atoms with Gasteiger partial charge in [0.2, 0.25) is 0 Å². The second-order valence-corrected chi connectivity index (χ2v) is 13.6. The Balaban J connectivity index is 3.68. The fourth-order valence-electron chi connectivity index (χ4n) is 6.53. The van der Waals surface area contributed by atoms with E-state index in [2.05, 4.69) is 48.5 Å². The molecule has 0 aromatic rings. The van der Waals surface area contributed by atoms with E-state index in [0.29, 0.717) is 6.79 Å². The summed E-state index contributed by atoms with van der Waals surface area (Å²) < 4.78 is 11.4. The lowest BCUT2D eigenvalue weighted by atomic mass is 9.81. The van der Waals surface area contributed by atoms with Gasteiger partial charge in [-0.15, -0.1) is 11.6 Å². The van der Waals surface area contributed by atoms with Gasteiger partial charge in [-0.1, -0.05) is 93.4 Å². The number of ether oxygens (including phenoxy) is 2. The Bertz CT molecular complexity index is 457. The van der Waals surface area contributed by atoms with Crippen LogP contribution in [0.15, 0.2) is 0 Å². The van der Waals surface area contributed by atoms with Crippen molar-refractivity contribution in [2.75, 3.05) is 25.9 Å². The van der Waals surface area contributed by atoms with Crippen LogP contribution >= 0.6 is 11.6 Å². The molecule has 6 atom stereocenters. The topological polar surface area (TPSA) is 18.5 Å². The lowest BCUT2D eigenvalue weighted by Crippen LogP contribution is -2.13. The zero-order valence-electron chi connectivity index (χ0n) is 26.5. The third-order valence-corrected chi connectivity index (χ3v) is 8.42. The number of unbranched alkanes of at least 4 members (excludes halogenated alkanes) is 7. The molecular weight excluding hydrogens is 476 g/mol. The third-order valence-electron chi connectivity index (χ3n) is 8.15. The van der Waals surface area contributed by atoms with Crippen molar-refractivity contribution in [3.8, 4) is 0 Å². The molecule has 0 rings (SSSR count). The molecule has 3 heteroatoms. The van der Waals surface area contributed by atoms with Gasteiger partial charge in [-0.2, -0.15) is 0 Å². The van der Waals surface area contributed by atoms with E-state index in [4.69, 9.17) is 21.1 Å². The minimum Gasteiger partial charge on any atom is -0.355 e. The molecule has 0 N–H and O–H groups in total. The van der Waals surface area contributed by atoms with Crippen LogP contribution in [-0.4, -0.2) is 25.9 Å². The zero-order valence-corrected chi connectivity index (χ0v) is 27.3. The van der Waals surface area contributed by atoms with E-state index in [1.165, 1.54) is 103 Å². The van der Waals surface area contributed by atoms with Crippen LogP contribution in [0.2, 0.25) is 0 Å². The minimum atomic E-state index is 0.474. The first-order valence-corrected chi connectivity index (χ1v) is 17.0. The first kappa shape index (κ1) is 37.2. The summed E-state index contributed by atoms with van der Waals surface area (Å²) in [7, 11) is 0. The van der Waals surface area contributed by atoms with Gasteiger partial charge in [0.05, 0.1) is 0 Å². The standard InChI is InChI=1S/C34H69ClO2/c1-8-9-10-11-12-13-14-15-21-36-28-37-22-17-19-30(3)24-32(5)26-34(7)27-33(6)25-31(4)23-29(2)18-16-20-35/h29-34H,8-28H2,1-7H3. The number of hydrogen-bond donors (Lipinski definition) is 0. The van der Waals surface area contributed by atoms with E-state index in [1.54, 1.807) is 0 Å². The first-order chi connectivity index (χ1) is 17.8. The predicted octanol–water partition coefficient (Wildman–Crippen LogP) is 11.7. The smallest absolute Gasteiger partial charge is 0.146 e. The Kier molecular flexibility index (Phi) is 26.6. The summed E-state index contributed by atoms with van der Waals surface area (Å²) >= 11 is 5.86. The van der Waals surface area contributed by atoms with Crippen molar-refractivity contribution < 1.29 is 9.47 Å². The van der Waals surface area contributed by atoms with Gasteiger partial charge in [0, 0.05) is 19.1 Å². The number of hydrogen-bond acceptors (Lipinski definition) is 2. The minimum absolute atomic E-state index is 0.474. The summed E-state index contributed by atoms with van der Waals surface area (Å²) in [6, 6.07) is 0. The molecule has 0 aliphatic carbocycles. The first-order valence-electron chi connectivity index (χ1n) is 16.5. The SMILES string of the molecule is CCCCCCCCCCOCOCCCC(C)CC(C)CC(C)CC(C)CC(C)CC(C)CCCCl. The Hall–Kier alpha value is 0.210. The van der Waals surface area contributed by atoms with E-state index < -0.39 is 0 Å². The van der Waals surface area contributed by atoms with Crippen molar-refractivity contribution in [1.82, 2.24) is 0 Å². The van der Waals surface area contributed by atoms with Gasteiger partial charge in [0.1, 0.15) is 6.79 Å². The van der Waals surface area contributed by atoms with Gasteiger partial charge in [-0.05, 0) is 99.7 Å². The van der Waals surface area contributed by atoms with E-state index in [-0.39, 0.29) is 0 Å². The van der Waals surface area contributed by atoms with Crippen molar-refractivity contribution in [3.63, 3.8) is 0 Å². The molecule has 0 aliphatic heterocycles. The molecule has 0 radical (unpaired) electrons. The molecule has 0 saturated heterocycles. The van der Waals surface area contributed by atoms with Crippen LogP contribution in [0, 0.1) is 35.5 Å². The highest BCUT2D eigenvalue weighted by atomic mass is 35.5. The van der Waals surface area contributed by atoms with Gasteiger partial charge >= 0.3 is 0 Å². The van der Waals surface area contributed by atoms with Gasteiger partial charge in [-0.3, -0.25) is 0 Å². The molecule has 0 amide bonds. The normalized spacial score (nSPS) is 16.9. The maximum Gasteiger partial charge on any atom is 0.146 e. The van der Waals surface area contributed by atoms with Crippen molar-refractivity contribution in [2.45, 2.75) is 158 Å². The fraction of sp³-hybridized carbons (Fsp3) is 1.00. The van der Waals surface area contributed by atoms with Crippen LogP contribution in [-0.2, 0) is 9.47 Å². The lowest BCUT2D eigenvalue weighted by Gasteiger charge is -2.25. The number of rotatable bonds is 28. The second-order valence-electron chi connectivity index (χ2n) is 13.2. The van der Waals surface area contributed by atoms with E-state index in [9.17, 15) is 0 Å². The Morgan fingerprint density at radius 3 is 1.30 bits per heavy atom. The van der Waals surface area contributed by atoms with Crippen LogP contribution in [0.3, 0.4) is 0 Å². The number of halogens is 1. The van der Waals surface area contributed by atoms with E-state index in [0.717, 1.165) is 61.0 Å². The maximum atomic E-state index is 5.86. The molecule has 0 spiro atoms. The van der Waals surface area contributed by atoms with Gasteiger partial charge < -0.3 is 9.47 Å². The fourth-order valence-corrected chi connectivity index (χ4v) is 6.68. The monoisotopic (exact) mass is 544 g/mol. The highest BCUT2D eigenvalue weighted by Gasteiger charge is 2.17. The van der Waals surface area contributed by atoms with Crippen LogP contribution in [0.25, 0.3) is 0 Å². The molecule has 0 aliphatic rings. The average Bonchev–Trinajstić information content (AvgIpc) is 2.82. The third kappa shape index (κ3) is 26.2. The van der Waals surface area contributed by atoms with Crippen molar-refractivity contribution in [1.29, 1.82) is 0 Å². The maximum absolute atomic E-state index is 5.86. The van der Waals surface area contributed by atoms with E-state index in [1.807, 2.05) is 0 Å². The van der Waals surface area contributed by atoms with Gasteiger partial charge in [0.15, 0.2) is 0 Å². The van der Waals surface area contributed by atoms with Crippen LogP contribution in [0.5, 0.6) is 0 Å². The highest BCUT2D eigenvalue weighted by Crippen LogP contribution is 2.29. The molecule has 0 fully saturated rings. The largest absolute Gasteiger partial charge is 0.355 e. The molecular formula is C34H69ClO2. The lowest BCUT2D eigenvalue weighted by molar-refractivity contribution is -0.0561. The zero-order chi connectivity index (χ0) is 27.7. The molecule has 0 aromatic heterocycles. The van der Waals surface area contributed by atoms with Crippen LogP contribution in [0.1, 0.15) is 158 Å². The Morgan fingerprint density at radius 1 is 0.459 bits per heavy atom. The molecule has 6 unspecified atom stereocenters. The van der Waals surface area contributed by atoms with Crippen molar-refractivity contribution in [2.24, 2.45) is 35.5 Å². The second kappa shape index (κ2) is 26.4. The van der Waals surface area contributed by atoms with Crippen LogP contribution in [0.4, 0.5) is 0 Å². The summed E-state index contributed by atoms with van der Waals surface area (Å²) in [6.07, 6.45) is 22.5. The molecule has 0 bridgehead atoms. The molecule has 0 saturated carbocycles. The average molecular weight is 545 g/mol. The van der Waals surface area contributed by atoms with E-state index >= 15 is 0 Å². The van der Waals surface area contributed by atoms with Crippen LogP contribution < -0.4 is 0 Å². The highest BCUT2D eigenvalue weighted by molar-refractivity contribution is 6.17. The number of alkyl halides is 1. The summed E-state index contributed by atoms with van der Waals surface area (Å²) in [5, 5.41) is 0. The van der Waals surface area contributed by atoms with Gasteiger partial charge in [-0.25, -0.2) is 0 Å². The molecule has 0 heterocycles. The molecule has 0 aromatic carbocycles. The summed E-state index contributed by atoms with van der Waals surface area (Å²) in [6.45, 7) is 19.1. The summed E-state index contributed by atoms with van der Waals surface area (Å²) in [5.41, 5.74) is 0. The Morgan fingerprint density at radius 2 is 0.838 bits per heavy atom. The molecule has 2 nitrogen and oxygen atoms in total. The Labute approximate surface area is 239 Å². The summed E-state index contributed by atoms with van der Waals surface area (Å²) in [5.74, 6) is 5.74. The van der Waals surface area contributed by atoms with Crippen molar-refractivity contribution in [3.05, 3.63) is 0 Å². The quantitative estimate of drug-likeness (QED) is 0.0553. The summed E-state index contributed by atoms with van der Waals surface area (Å²) in [4.78, 5) is 0. The predicted molar refractivity (Wildman–Crippen MR) is 167 cm³/mol. The molecule has 224 valence electrons. The molecule has 37 heavy (non-hydrogen) atoms. The van der Waals surface area contributed by atoms with Gasteiger partial charge in [0.25, 0.3) is 0 Å². The van der Waals surface area contributed by atoms with Crippen molar-refractivity contribution >= 4 is 11.6 Å².